The number of rotatable bonds is 5. The zero-order valence-corrected chi connectivity index (χ0v) is 31.1. The molecule has 0 amide bonds. The van der Waals surface area contributed by atoms with E-state index in [1.54, 1.807) is 0 Å². The third-order valence-electron chi connectivity index (χ3n) is 12.1. The number of nitrogens with zero attached hydrogens (tertiary/aromatic N) is 5. The lowest BCUT2D eigenvalue weighted by Crippen LogP contribution is -2.06. The quantitative estimate of drug-likeness (QED) is 0.177. The second-order valence-corrected chi connectivity index (χ2v) is 15.2. The van der Waals surface area contributed by atoms with Crippen LogP contribution in [0.15, 0.2) is 188 Å². The van der Waals surface area contributed by atoms with E-state index in [4.69, 9.17) is 15.0 Å². The van der Waals surface area contributed by atoms with Crippen molar-refractivity contribution in [2.45, 2.75) is 0 Å². The average Bonchev–Trinajstić information content (AvgIpc) is 3.78. The molecule has 3 aromatic heterocycles. The molecular weight excluding hydrogens is 707 g/mol. The Hall–Kier alpha value is -7.89. The van der Waals surface area contributed by atoms with Crippen molar-refractivity contribution in [3.63, 3.8) is 0 Å². The van der Waals surface area contributed by atoms with E-state index in [2.05, 4.69) is 179 Å². The van der Waals surface area contributed by atoms with Gasteiger partial charge in [0.15, 0.2) is 11.6 Å². The standard InChI is InChI=1S/C53H31N5/c1-4-13-32(14-5-1)38-20-10-17-33-25-26-36(31-41(33)38)52-54-51(35-15-6-2-7-16-35)55-53(56-52)58-43-24-12-22-40-39-21-11-23-42-47(39)49-44(57(42)37-18-8-3-9-19-37)29-27-34-28-30-45(58)50(46(34)49)48(40)43/h1-31H. The minimum Gasteiger partial charge on any atom is -0.309 e. The minimum absolute atomic E-state index is 0.588. The fourth-order valence-electron chi connectivity index (χ4n) is 9.62. The number of aromatic nitrogens is 5. The molecule has 0 bridgehead atoms. The SMILES string of the molecule is c1ccc(-c2nc(-c3ccc4cccc(-c5ccccc5)c4c3)nc(-n3c4cccc5c4c4c6c(ccc7c6c6c-5cccc6n7-c5ccccc5)ccc43)n2)cc1. The van der Waals surface area contributed by atoms with Crippen LogP contribution >= 0.6 is 0 Å². The summed E-state index contributed by atoms with van der Waals surface area (Å²) in [6.45, 7) is 0. The van der Waals surface area contributed by atoms with Gasteiger partial charge in [-0.05, 0) is 80.9 Å². The van der Waals surface area contributed by atoms with Gasteiger partial charge in [0.2, 0.25) is 5.95 Å². The Morgan fingerprint density at radius 2 is 0.845 bits per heavy atom. The molecule has 268 valence electrons. The van der Waals surface area contributed by atoms with E-state index in [1.165, 1.54) is 71.0 Å². The fourth-order valence-corrected chi connectivity index (χ4v) is 9.62. The zero-order chi connectivity index (χ0) is 37.9. The predicted octanol–water partition coefficient (Wildman–Crippen LogP) is 13.4. The molecule has 3 heterocycles. The Morgan fingerprint density at radius 1 is 0.310 bits per heavy atom. The number of hydrogen-bond acceptors (Lipinski definition) is 3. The molecule has 0 fully saturated rings. The molecule has 0 atom stereocenters. The Labute approximate surface area is 332 Å². The van der Waals surface area contributed by atoms with Gasteiger partial charge in [-0.3, -0.25) is 4.57 Å². The number of benzene rings is 9. The Bertz CT molecular complexity index is 3660. The largest absolute Gasteiger partial charge is 0.309 e. The lowest BCUT2D eigenvalue weighted by atomic mass is 9.96. The Morgan fingerprint density at radius 3 is 1.53 bits per heavy atom. The molecule has 58 heavy (non-hydrogen) atoms. The first-order chi connectivity index (χ1) is 28.8. The third-order valence-corrected chi connectivity index (χ3v) is 12.1. The lowest BCUT2D eigenvalue weighted by molar-refractivity contribution is 0.954. The van der Waals surface area contributed by atoms with Gasteiger partial charge in [-0.15, -0.1) is 0 Å². The van der Waals surface area contributed by atoms with E-state index in [9.17, 15) is 0 Å². The van der Waals surface area contributed by atoms with Crippen molar-refractivity contribution >= 4 is 65.2 Å². The molecule has 5 heteroatoms. The number of hydrogen-bond donors (Lipinski definition) is 0. The van der Waals surface area contributed by atoms with Crippen molar-refractivity contribution in [1.82, 2.24) is 24.1 Å². The monoisotopic (exact) mass is 737 g/mol. The predicted molar refractivity (Wildman–Crippen MR) is 239 cm³/mol. The summed E-state index contributed by atoms with van der Waals surface area (Å²) in [6, 6.07) is 67.1. The topological polar surface area (TPSA) is 48.5 Å². The van der Waals surface area contributed by atoms with Crippen LogP contribution in [0.2, 0.25) is 0 Å². The highest BCUT2D eigenvalue weighted by Crippen LogP contribution is 2.51. The summed E-state index contributed by atoms with van der Waals surface area (Å²) in [5.41, 5.74) is 12.4. The molecule has 5 nitrogen and oxygen atoms in total. The van der Waals surface area contributed by atoms with Gasteiger partial charge in [-0.1, -0.05) is 146 Å². The number of fused-ring (bicyclic) bond motifs is 2. The van der Waals surface area contributed by atoms with Crippen LogP contribution in [0.4, 0.5) is 0 Å². The second-order valence-electron chi connectivity index (χ2n) is 15.2. The Kier molecular flexibility index (Phi) is 6.38. The van der Waals surface area contributed by atoms with E-state index >= 15 is 0 Å². The summed E-state index contributed by atoms with van der Waals surface area (Å²) in [4.78, 5) is 15.9. The van der Waals surface area contributed by atoms with Crippen molar-refractivity contribution in [1.29, 1.82) is 0 Å². The van der Waals surface area contributed by atoms with Crippen molar-refractivity contribution in [2.24, 2.45) is 0 Å². The first-order valence-electron chi connectivity index (χ1n) is 19.7. The molecule has 0 spiro atoms. The van der Waals surface area contributed by atoms with Crippen LogP contribution in [0.1, 0.15) is 0 Å². The molecule has 1 aliphatic rings. The first kappa shape index (κ1) is 31.3. The summed E-state index contributed by atoms with van der Waals surface area (Å²) in [5.74, 6) is 1.84. The maximum atomic E-state index is 5.39. The molecule has 0 aliphatic heterocycles. The molecular formula is C53H31N5. The van der Waals surface area contributed by atoms with Crippen LogP contribution < -0.4 is 0 Å². The van der Waals surface area contributed by atoms with Crippen LogP contribution in [0, 0.1) is 0 Å². The number of para-hydroxylation sites is 1. The molecule has 13 rings (SSSR count). The summed E-state index contributed by atoms with van der Waals surface area (Å²) in [7, 11) is 0. The van der Waals surface area contributed by atoms with E-state index in [-0.39, 0.29) is 0 Å². The van der Waals surface area contributed by atoms with E-state index in [0.717, 1.165) is 33.2 Å². The molecule has 0 N–H and O–H groups in total. The normalized spacial score (nSPS) is 12.1. The molecule has 0 radical (unpaired) electrons. The van der Waals surface area contributed by atoms with Crippen LogP contribution in [-0.2, 0) is 0 Å². The van der Waals surface area contributed by atoms with Gasteiger partial charge in [-0.25, -0.2) is 4.98 Å². The maximum absolute atomic E-state index is 5.39. The second kappa shape index (κ2) is 11.8. The van der Waals surface area contributed by atoms with Gasteiger partial charge in [0.25, 0.3) is 0 Å². The Balaban J connectivity index is 1.13. The summed E-state index contributed by atoms with van der Waals surface area (Å²) < 4.78 is 4.69. The van der Waals surface area contributed by atoms with Crippen LogP contribution in [0.25, 0.3) is 122 Å². The molecule has 0 unspecified atom stereocenters. The van der Waals surface area contributed by atoms with E-state index in [1.807, 2.05) is 18.2 Å². The van der Waals surface area contributed by atoms with Crippen molar-refractivity contribution in [3.8, 4) is 56.7 Å². The highest BCUT2D eigenvalue weighted by molar-refractivity contribution is 6.38. The first-order valence-corrected chi connectivity index (χ1v) is 19.7. The van der Waals surface area contributed by atoms with E-state index < -0.39 is 0 Å². The molecule has 9 aromatic carbocycles. The van der Waals surface area contributed by atoms with Gasteiger partial charge in [-0.2, -0.15) is 9.97 Å². The summed E-state index contributed by atoms with van der Waals surface area (Å²) >= 11 is 0. The van der Waals surface area contributed by atoms with E-state index in [0.29, 0.717) is 17.6 Å². The van der Waals surface area contributed by atoms with Crippen LogP contribution in [0.5, 0.6) is 0 Å². The third kappa shape index (κ3) is 4.33. The zero-order valence-electron chi connectivity index (χ0n) is 31.1. The summed E-state index contributed by atoms with van der Waals surface area (Å²) in [6.07, 6.45) is 0. The molecule has 1 aliphatic carbocycles. The lowest BCUT2D eigenvalue weighted by Gasteiger charge is -2.13. The van der Waals surface area contributed by atoms with Crippen molar-refractivity contribution in [2.75, 3.05) is 0 Å². The minimum atomic E-state index is 0.588. The van der Waals surface area contributed by atoms with Crippen LogP contribution in [0.3, 0.4) is 0 Å². The van der Waals surface area contributed by atoms with Crippen molar-refractivity contribution in [3.05, 3.63) is 188 Å². The summed E-state index contributed by atoms with van der Waals surface area (Å²) in [5, 5.41) is 9.79. The van der Waals surface area contributed by atoms with Gasteiger partial charge in [0.05, 0.1) is 22.1 Å². The maximum Gasteiger partial charge on any atom is 0.238 e. The smallest absolute Gasteiger partial charge is 0.238 e. The molecule has 0 saturated carbocycles. The fraction of sp³-hybridized carbons (Fsp3) is 0. The highest BCUT2D eigenvalue weighted by atomic mass is 15.2. The van der Waals surface area contributed by atoms with Gasteiger partial charge in [0, 0.05) is 43.7 Å². The molecule has 0 saturated heterocycles. The van der Waals surface area contributed by atoms with Gasteiger partial charge in [0.1, 0.15) is 0 Å². The molecule has 12 aromatic rings. The average molecular weight is 738 g/mol. The van der Waals surface area contributed by atoms with Crippen molar-refractivity contribution < 1.29 is 0 Å². The highest BCUT2D eigenvalue weighted by Gasteiger charge is 2.28. The van der Waals surface area contributed by atoms with Gasteiger partial charge < -0.3 is 4.57 Å². The van der Waals surface area contributed by atoms with Gasteiger partial charge >= 0.3 is 0 Å². The van der Waals surface area contributed by atoms with Crippen LogP contribution in [-0.4, -0.2) is 24.1 Å².